The molecule has 0 saturated heterocycles. The average molecular weight is 421 g/mol. The smallest absolute Gasteiger partial charge is 0.337 e. The molecule has 0 saturated carbocycles. The van der Waals surface area contributed by atoms with Crippen molar-refractivity contribution < 1.29 is 9.53 Å². The maximum absolute atomic E-state index is 12.4. The van der Waals surface area contributed by atoms with Crippen LogP contribution in [0.3, 0.4) is 0 Å². The highest BCUT2D eigenvalue weighted by Gasteiger charge is 2.12. The second kappa shape index (κ2) is 8.50. The number of carbonyl (C=O) groups excluding carboxylic acids is 1. The van der Waals surface area contributed by atoms with E-state index in [1.54, 1.807) is 18.2 Å². The molecule has 2 heterocycles. The predicted molar refractivity (Wildman–Crippen MR) is 117 cm³/mol. The number of esters is 1. The first kappa shape index (κ1) is 19.8. The molecule has 0 unspecified atom stereocenters. The van der Waals surface area contributed by atoms with Crippen molar-refractivity contribution in [3.8, 4) is 0 Å². The fourth-order valence-electron chi connectivity index (χ4n) is 3.06. The van der Waals surface area contributed by atoms with Gasteiger partial charge in [0.15, 0.2) is 5.16 Å². The van der Waals surface area contributed by atoms with E-state index in [4.69, 9.17) is 4.74 Å². The molecule has 0 spiro atoms. The summed E-state index contributed by atoms with van der Waals surface area (Å²) in [7, 11) is 1.31. The van der Waals surface area contributed by atoms with E-state index in [1.807, 2.05) is 31.2 Å². The van der Waals surface area contributed by atoms with Gasteiger partial charge in [-0.1, -0.05) is 23.9 Å². The van der Waals surface area contributed by atoms with Crippen molar-refractivity contribution in [3.63, 3.8) is 0 Å². The maximum atomic E-state index is 12.4. The minimum absolute atomic E-state index is 0.264. The van der Waals surface area contributed by atoms with E-state index in [2.05, 4.69) is 25.3 Å². The van der Waals surface area contributed by atoms with Crippen LogP contribution in [-0.4, -0.2) is 39.6 Å². The summed E-state index contributed by atoms with van der Waals surface area (Å²) >= 11 is 1.37. The van der Waals surface area contributed by atoms with E-state index in [1.165, 1.54) is 18.9 Å². The summed E-state index contributed by atoms with van der Waals surface area (Å²) in [6, 6.07) is 12.5. The van der Waals surface area contributed by atoms with Gasteiger partial charge in [-0.15, -0.1) is 0 Å². The highest BCUT2D eigenvalue weighted by atomic mass is 32.2. The molecule has 4 aromatic rings. The topological polar surface area (TPSA) is 110 Å². The number of fused-ring (bicyclic) bond motifs is 2. The SMILES string of the molecule is CCNc1nc(SCc2nc3cc(C(=O)OC)ccc3c(=O)[nH]2)nc2ccccc12. The van der Waals surface area contributed by atoms with E-state index >= 15 is 0 Å². The first-order chi connectivity index (χ1) is 14.6. The molecule has 8 nitrogen and oxygen atoms in total. The number of hydrogen-bond acceptors (Lipinski definition) is 8. The van der Waals surface area contributed by atoms with Crippen molar-refractivity contribution in [2.75, 3.05) is 19.0 Å². The number of thioether (sulfide) groups is 1. The summed E-state index contributed by atoms with van der Waals surface area (Å²) in [6.07, 6.45) is 0. The molecule has 30 heavy (non-hydrogen) atoms. The standard InChI is InChI=1S/C21H19N5O3S/c1-3-22-18-13-6-4-5-7-15(13)24-21(26-18)30-11-17-23-16-10-12(20(28)29-2)8-9-14(16)19(27)25-17/h4-10H,3,11H2,1-2H3,(H,22,24,26)(H,23,25,27). The van der Waals surface area contributed by atoms with Gasteiger partial charge in [0.1, 0.15) is 11.6 Å². The number of H-pyrrole nitrogens is 1. The van der Waals surface area contributed by atoms with Gasteiger partial charge in [0.2, 0.25) is 0 Å². The van der Waals surface area contributed by atoms with Crippen molar-refractivity contribution in [3.05, 3.63) is 64.2 Å². The zero-order chi connectivity index (χ0) is 21.1. The van der Waals surface area contributed by atoms with Gasteiger partial charge in [-0.2, -0.15) is 0 Å². The molecule has 0 aliphatic rings. The quantitative estimate of drug-likeness (QED) is 0.277. The average Bonchev–Trinajstić information content (AvgIpc) is 2.77. The minimum Gasteiger partial charge on any atom is -0.465 e. The molecule has 4 rings (SSSR count). The largest absolute Gasteiger partial charge is 0.465 e. The highest BCUT2D eigenvalue weighted by molar-refractivity contribution is 7.98. The molecule has 0 aliphatic heterocycles. The van der Waals surface area contributed by atoms with Crippen molar-refractivity contribution >= 4 is 45.4 Å². The highest BCUT2D eigenvalue weighted by Crippen LogP contribution is 2.25. The number of hydrogen-bond donors (Lipinski definition) is 2. The molecule has 0 atom stereocenters. The normalized spacial score (nSPS) is 11.0. The van der Waals surface area contributed by atoms with Gasteiger partial charge in [0.05, 0.1) is 34.8 Å². The Labute approximate surface area is 176 Å². The van der Waals surface area contributed by atoms with Crippen LogP contribution >= 0.6 is 11.8 Å². The monoisotopic (exact) mass is 421 g/mol. The Morgan fingerprint density at radius 1 is 1.10 bits per heavy atom. The fraction of sp³-hybridized carbons (Fsp3) is 0.190. The summed E-state index contributed by atoms with van der Waals surface area (Å²) < 4.78 is 4.74. The van der Waals surface area contributed by atoms with E-state index in [9.17, 15) is 9.59 Å². The Morgan fingerprint density at radius 3 is 2.73 bits per heavy atom. The molecule has 0 amide bonds. The fourth-order valence-corrected chi connectivity index (χ4v) is 3.78. The second-order valence-electron chi connectivity index (χ2n) is 6.43. The molecular formula is C21H19N5O3S. The van der Waals surface area contributed by atoms with Gasteiger partial charge in [0, 0.05) is 11.9 Å². The lowest BCUT2D eigenvalue weighted by molar-refractivity contribution is 0.0601. The number of aromatic amines is 1. The van der Waals surface area contributed by atoms with Gasteiger partial charge < -0.3 is 15.0 Å². The van der Waals surface area contributed by atoms with E-state index in [0.717, 1.165) is 23.3 Å². The van der Waals surface area contributed by atoms with Crippen LogP contribution in [0, 0.1) is 0 Å². The number of rotatable bonds is 6. The summed E-state index contributed by atoms with van der Waals surface area (Å²) in [5.74, 6) is 1.14. The lowest BCUT2D eigenvalue weighted by Crippen LogP contribution is -2.12. The lowest BCUT2D eigenvalue weighted by Gasteiger charge is -2.09. The van der Waals surface area contributed by atoms with Crippen LogP contribution in [-0.2, 0) is 10.5 Å². The Balaban J connectivity index is 1.64. The molecule has 0 radical (unpaired) electrons. The minimum atomic E-state index is -0.476. The van der Waals surface area contributed by atoms with Gasteiger partial charge in [-0.05, 0) is 37.3 Å². The van der Waals surface area contributed by atoms with E-state index in [0.29, 0.717) is 33.2 Å². The van der Waals surface area contributed by atoms with Crippen molar-refractivity contribution in [1.82, 2.24) is 19.9 Å². The maximum Gasteiger partial charge on any atom is 0.337 e. The summed E-state index contributed by atoms with van der Waals surface area (Å²) in [4.78, 5) is 40.7. The van der Waals surface area contributed by atoms with Crippen molar-refractivity contribution in [2.24, 2.45) is 0 Å². The molecule has 152 valence electrons. The molecular weight excluding hydrogens is 402 g/mol. The van der Waals surface area contributed by atoms with Gasteiger partial charge in [-0.25, -0.2) is 19.7 Å². The van der Waals surface area contributed by atoms with E-state index in [-0.39, 0.29) is 5.56 Å². The number of carbonyl (C=O) groups is 1. The second-order valence-corrected chi connectivity index (χ2v) is 7.37. The summed E-state index contributed by atoms with van der Waals surface area (Å²) in [5.41, 5.74) is 1.35. The number of ether oxygens (including phenoxy) is 1. The van der Waals surface area contributed by atoms with E-state index < -0.39 is 5.97 Å². The first-order valence-corrected chi connectivity index (χ1v) is 10.3. The number of anilines is 1. The van der Waals surface area contributed by atoms with Crippen molar-refractivity contribution in [2.45, 2.75) is 17.8 Å². The number of methoxy groups -OCH3 is 1. The predicted octanol–water partition coefficient (Wildman–Crippen LogP) is 3.38. The molecule has 2 aromatic heterocycles. The number of nitrogens with one attached hydrogen (secondary N) is 2. The van der Waals surface area contributed by atoms with Crippen LogP contribution in [0.25, 0.3) is 21.8 Å². The zero-order valence-corrected chi connectivity index (χ0v) is 17.2. The Hall–Kier alpha value is -3.46. The van der Waals surface area contributed by atoms with Gasteiger partial charge >= 0.3 is 5.97 Å². The third-order valence-electron chi connectivity index (χ3n) is 4.44. The molecule has 2 aromatic carbocycles. The molecule has 2 N–H and O–H groups in total. The third-order valence-corrected chi connectivity index (χ3v) is 5.30. The Bertz CT molecular complexity index is 1310. The Morgan fingerprint density at radius 2 is 1.93 bits per heavy atom. The number of aromatic nitrogens is 4. The number of nitrogens with zero attached hydrogens (tertiary/aromatic N) is 3. The van der Waals surface area contributed by atoms with Crippen LogP contribution in [0.4, 0.5) is 5.82 Å². The third kappa shape index (κ3) is 3.97. The van der Waals surface area contributed by atoms with Crippen LogP contribution in [0.15, 0.2) is 52.4 Å². The molecule has 0 bridgehead atoms. The van der Waals surface area contributed by atoms with Crippen LogP contribution in [0.5, 0.6) is 0 Å². The van der Waals surface area contributed by atoms with Gasteiger partial charge in [0.25, 0.3) is 5.56 Å². The molecule has 0 fully saturated rings. The summed E-state index contributed by atoms with van der Waals surface area (Å²) in [5, 5.41) is 5.21. The Kier molecular flexibility index (Phi) is 5.62. The van der Waals surface area contributed by atoms with Crippen LogP contribution < -0.4 is 10.9 Å². The lowest BCUT2D eigenvalue weighted by atomic mass is 10.1. The zero-order valence-electron chi connectivity index (χ0n) is 16.4. The van der Waals surface area contributed by atoms with Gasteiger partial charge in [-0.3, -0.25) is 4.79 Å². The number of para-hydroxylation sites is 1. The van der Waals surface area contributed by atoms with Crippen molar-refractivity contribution in [1.29, 1.82) is 0 Å². The molecule has 9 heteroatoms. The number of benzene rings is 2. The summed E-state index contributed by atoms with van der Waals surface area (Å²) in [6.45, 7) is 2.75. The van der Waals surface area contributed by atoms with Crippen LogP contribution in [0.2, 0.25) is 0 Å². The molecule has 0 aliphatic carbocycles. The first-order valence-electron chi connectivity index (χ1n) is 9.33. The van der Waals surface area contributed by atoms with Crippen LogP contribution in [0.1, 0.15) is 23.1 Å².